The van der Waals surface area contributed by atoms with Crippen molar-refractivity contribution in [2.45, 2.75) is 39.2 Å². The molecule has 1 aliphatic heterocycles. The van der Waals surface area contributed by atoms with E-state index in [0.29, 0.717) is 25.3 Å². The van der Waals surface area contributed by atoms with Crippen LogP contribution in [0.25, 0.3) is 0 Å². The minimum Gasteiger partial charge on any atom is -0.459 e. The van der Waals surface area contributed by atoms with Crippen LogP contribution in [0.2, 0.25) is 0 Å². The fourth-order valence-electron chi connectivity index (χ4n) is 2.62. The first-order valence-electron chi connectivity index (χ1n) is 6.65. The first-order chi connectivity index (χ1) is 9.00. The van der Waals surface area contributed by atoms with Gasteiger partial charge < -0.3 is 14.6 Å². The van der Waals surface area contributed by atoms with Gasteiger partial charge in [-0.3, -0.25) is 9.59 Å². The van der Waals surface area contributed by atoms with Gasteiger partial charge in [0, 0.05) is 18.7 Å². The Balaban J connectivity index is 2.33. The van der Waals surface area contributed by atoms with Crippen LogP contribution in [-0.2, 0) is 4.79 Å². The number of hydrogen-bond acceptors (Lipinski definition) is 3. The van der Waals surface area contributed by atoms with Crippen molar-refractivity contribution in [2.75, 3.05) is 13.1 Å². The maximum Gasteiger partial charge on any atom is 0.290 e. The van der Waals surface area contributed by atoms with Crippen LogP contribution >= 0.6 is 0 Å². The Morgan fingerprint density at radius 1 is 1.58 bits per heavy atom. The van der Waals surface area contributed by atoms with E-state index in [1.165, 1.54) is 6.26 Å². The Morgan fingerprint density at radius 2 is 2.32 bits per heavy atom. The average Bonchev–Trinajstić information content (AvgIpc) is 2.79. The number of aryl methyl sites for hydroxylation is 1. The largest absolute Gasteiger partial charge is 0.459 e. The zero-order chi connectivity index (χ0) is 14.0. The molecule has 1 N–H and O–H groups in total. The highest BCUT2D eigenvalue weighted by atomic mass is 16.3. The van der Waals surface area contributed by atoms with E-state index in [0.717, 1.165) is 12.0 Å². The molecule has 0 aromatic carbocycles. The van der Waals surface area contributed by atoms with Crippen molar-refractivity contribution in [3.05, 3.63) is 23.7 Å². The van der Waals surface area contributed by atoms with Gasteiger partial charge in [0.2, 0.25) is 5.91 Å². The van der Waals surface area contributed by atoms with Crippen molar-refractivity contribution in [2.24, 2.45) is 0 Å². The molecular weight excluding hydrogens is 244 g/mol. The second-order valence-electron chi connectivity index (χ2n) is 5.17. The number of piperazine rings is 1. The predicted molar refractivity (Wildman–Crippen MR) is 70.8 cm³/mol. The number of amides is 2. The van der Waals surface area contributed by atoms with E-state index in [1.807, 2.05) is 20.8 Å². The van der Waals surface area contributed by atoms with E-state index in [-0.39, 0.29) is 11.8 Å². The molecule has 5 nitrogen and oxygen atoms in total. The number of rotatable bonds is 3. The Labute approximate surface area is 113 Å². The van der Waals surface area contributed by atoms with Crippen molar-refractivity contribution in [3.8, 4) is 0 Å². The SMILES string of the molecule is CCC[C@]1(C)C(=O)NCCN1C(=O)c1occc1C. The minimum absolute atomic E-state index is 0.0850. The van der Waals surface area contributed by atoms with E-state index >= 15 is 0 Å². The molecule has 5 heteroatoms. The van der Waals surface area contributed by atoms with Crippen LogP contribution in [0.5, 0.6) is 0 Å². The van der Waals surface area contributed by atoms with Crippen molar-refractivity contribution < 1.29 is 14.0 Å². The second-order valence-corrected chi connectivity index (χ2v) is 5.17. The van der Waals surface area contributed by atoms with Crippen LogP contribution in [0.15, 0.2) is 16.7 Å². The zero-order valence-corrected chi connectivity index (χ0v) is 11.7. The summed E-state index contributed by atoms with van der Waals surface area (Å²) >= 11 is 0. The monoisotopic (exact) mass is 264 g/mol. The highest BCUT2D eigenvalue weighted by Crippen LogP contribution is 2.27. The maximum absolute atomic E-state index is 12.6. The summed E-state index contributed by atoms with van der Waals surface area (Å²) in [4.78, 5) is 26.3. The number of furan rings is 1. The molecule has 2 amide bonds. The highest BCUT2D eigenvalue weighted by molar-refractivity contribution is 5.99. The molecule has 0 spiro atoms. The molecule has 1 aromatic heterocycles. The van der Waals surface area contributed by atoms with Crippen LogP contribution in [0.3, 0.4) is 0 Å². The normalized spacial score (nSPS) is 23.3. The smallest absolute Gasteiger partial charge is 0.290 e. The van der Waals surface area contributed by atoms with Crippen molar-refractivity contribution in [1.29, 1.82) is 0 Å². The Kier molecular flexibility index (Phi) is 3.64. The molecule has 0 radical (unpaired) electrons. The molecule has 0 saturated carbocycles. The quantitative estimate of drug-likeness (QED) is 0.904. The maximum atomic E-state index is 12.6. The fourth-order valence-corrected chi connectivity index (χ4v) is 2.62. The molecule has 19 heavy (non-hydrogen) atoms. The lowest BCUT2D eigenvalue weighted by Crippen LogP contribution is -2.64. The van der Waals surface area contributed by atoms with Gasteiger partial charge in [0.05, 0.1) is 6.26 Å². The molecule has 0 aliphatic carbocycles. The van der Waals surface area contributed by atoms with Gasteiger partial charge in [0.1, 0.15) is 5.54 Å². The number of carbonyl (C=O) groups is 2. The zero-order valence-electron chi connectivity index (χ0n) is 11.7. The van der Waals surface area contributed by atoms with E-state index in [9.17, 15) is 9.59 Å². The molecule has 1 aliphatic rings. The van der Waals surface area contributed by atoms with E-state index in [1.54, 1.807) is 11.0 Å². The third kappa shape index (κ3) is 2.25. The number of carbonyl (C=O) groups excluding carboxylic acids is 2. The van der Waals surface area contributed by atoms with Gasteiger partial charge in [0.25, 0.3) is 5.91 Å². The number of nitrogens with zero attached hydrogens (tertiary/aromatic N) is 1. The molecule has 0 bridgehead atoms. The molecule has 1 saturated heterocycles. The van der Waals surface area contributed by atoms with Gasteiger partial charge in [-0.15, -0.1) is 0 Å². The lowest BCUT2D eigenvalue weighted by atomic mass is 9.90. The predicted octanol–water partition coefficient (Wildman–Crippen LogP) is 1.72. The number of hydrogen-bond donors (Lipinski definition) is 1. The summed E-state index contributed by atoms with van der Waals surface area (Å²) in [6.45, 7) is 6.66. The molecule has 1 atom stereocenters. The molecule has 2 rings (SSSR count). The van der Waals surface area contributed by atoms with Crippen LogP contribution in [-0.4, -0.2) is 35.3 Å². The first kappa shape index (κ1) is 13.6. The molecule has 0 unspecified atom stereocenters. The summed E-state index contributed by atoms with van der Waals surface area (Å²) in [7, 11) is 0. The Bertz CT molecular complexity index is 495. The Hall–Kier alpha value is -1.78. The van der Waals surface area contributed by atoms with Crippen LogP contribution in [0.1, 0.15) is 42.8 Å². The summed E-state index contributed by atoms with van der Waals surface area (Å²) in [5, 5.41) is 2.84. The number of nitrogens with one attached hydrogen (secondary N) is 1. The van der Waals surface area contributed by atoms with Gasteiger partial charge in [-0.1, -0.05) is 13.3 Å². The third-order valence-electron chi connectivity index (χ3n) is 3.74. The summed E-state index contributed by atoms with van der Waals surface area (Å²) in [5.74, 6) is 0.0449. The van der Waals surface area contributed by atoms with E-state index in [4.69, 9.17) is 4.42 Å². The molecule has 1 aromatic rings. The Morgan fingerprint density at radius 3 is 2.89 bits per heavy atom. The molecule has 1 fully saturated rings. The lowest BCUT2D eigenvalue weighted by molar-refractivity contribution is -0.134. The standard InChI is InChI=1S/C14H20N2O3/c1-4-6-14(3)13(18)15-7-8-16(14)12(17)11-10(2)5-9-19-11/h5,9H,4,6-8H2,1-3H3,(H,15,18)/t14-/m1/s1. The molecule has 2 heterocycles. The average molecular weight is 264 g/mol. The fraction of sp³-hybridized carbons (Fsp3) is 0.571. The van der Waals surface area contributed by atoms with Crippen LogP contribution < -0.4 is 5.32 Å². The summed E-state index contributed by atoms with van der Waals surface area (Å²) in [5.41, 5.74) is 0.0124. The first-order valence-corrected chi connectivity index (χ1v) is 6.65. The lowest BCUT2D eigenvalue weighted by Gasteiger charge is -2.43. The van der Waals surface area contributed by atoms with Gasteiger partial charge in [-0.05, 0) is 26.3 Å². The van der Waals surface area contributed by atoms with Crippen molar-refractivity contribution in [1.82, 2.24) is 10.2 Å². The second kappa shape index (κ2) is 5.07. The minimum atomic E-state index is -0.788. The van der Waals surface area contributed by atoms with Gasteiger partial charge in [-0.2, -0.15) is 0 Å². The van der Waals surface area contributed by atoms with Crippen molar-refractivity contribution in [3.63, 3.8) is 0 Å². The van der Waals surface area contributed by atoms with E-state index in [2.05, 4.69) is 5.32 Å². The van der Waals surface area contributed by atoms with Crippen LogP contribution in [0.4, 0.5) is 0 Å². The van der Waals surface area contributed by atoms with Gasteiger partial charge >= 0.3 is 0 Å². The molecule has 104 valence electrons. The molecular formula is C14H20N2O3. The third-order valence-corrected chi connectivity index (χ3v) is 3.74. The summed E-state index contributed by atoms with van der Waals surface area (Å²) < 4.78 is 5.26. The van der Waals surface area contributed by atoms with E-state index < -0.39 is 5.54 Å². The van der Waals surface area contributed by atoms with Gasteiger partial charge in [0.15, 0.2) is 5.76 Å². The summed E-state index contributed by atoms with van der Waals surface area (Å²) in [6, 6.07) is 1.76. The van der Waals surface area contributed by atoms with Crippen molar-refractivity contribution >= 4 is 11.8 Å². The van der Waals surface area contributed by atoms with Gasteiger partial charge in [-0.25, -0.2) is 0 Å². The topological polar surface area (TPSA) is 62.6 Å². The van der Waals surface area contributed by atoms with Crippen LogP contribution in [0, 0.1) is 6.92 Å². The highest BCUT2D eigenvalue weighted by Gasteiger charge is 2.44. The summed E-state index contributed by atoms with van der Waals surface area (Å²) in [6.07, 6.45) is 2.99.